The number of hydrogen-bond acceptors (Lipinski definition) is 4. The van der Waals surface area contributed by atoms with Crippen LogP contribution in [0.3, 0.4) is 0 Å². The smallest absolute Gasteiger partial charge is 0.198 e. The molecule has 0 saturated carbocycles. The van der Waals surface area contributed by atoms with Crippen LogP contribution in [-0.4, -0.2) is 11.8 Å². The molecule has 13 aromatic rings. The Balaban J connectivity index is 1.08. The second-order valence-corrected chi connectivity index (χ2v) is 20.0. The molecule has 67 heavy (non-hydrogen) atoms. The molecule has 0 atom stereocenters. The van der Waals surface area contributed by atoms with Gasteiger partial charge >= 0.3 is 0 Å². The molecule has 1 aliphatic heterocycles. The first kappa shape index (κ1) is 38.4. The zero-order valence-electron chi connectivity index (χ0n) is 36.6. The SMILES string of the molecule is Cc1ccc(Nc2cc(N(c3ccccc3)c3ccccc3)ccc2-c2cc(-c3ccc4c(c3)sc3ccccc34)c3c4ccccc4n4c3c2Bc2cc3sc5ccccc5c3cc2-4)cc1. The first-order valence-electron chi connectivity index (χ1n) is 22.9. The minimum Gasteiger partial charge on any atom is -0.355 e. The van der Waals surface area contributed by atoms with Gasteiger partial charge in [-0.2, -0.15) is 0 Å². The van der Waals surface area contributed by atoms with Gasteiger partial charge in [0, 0.05) is 96.3 Å². The highest BCUT2D eigenvalue weighted by Gasteiger charge is 2.30. The Labute approximate surface area is 396 Å². The highest BCUT2D eigenvalue weighted by molar-refractivity contribution is 7.26. The summed E-state index contributed by atoms with van der Waals surface area (Å²) in [5.74, 6) is 0. The standard InChI is InChI=1S/C61H40BN3S2/c1-37-24-27-39(28-25-37)63-52-33-42(64(40-14-4-2-5-15-40)41-16-6-3-7-17-41)29-31-43(52)50-34-48(38-26-30-46-44-18-9-12-22-55(44)66-57(46)32-38)59-47-20-8-11-21-53(47)65-54-35-49-45-19-10-13-23-56(45)67-58(49)36-51(54)62-60(50)61(59)65/h2-36,62-63H,1H3. The predicted octanol–water partition coefficient (Wildman–Crippen LogP) is 16.1. The van der Waals surface area contributed by atoms with E-state index in [0.29, 0.717) is 0 Å². The lowest BCUT2D eigenvalue weighted by molar-refractivity contribution is 1.20. The number of aromatic nitrogens is 1. The van der Waals surface area contributed by atoms with Gasteiger partial charge in [-0.1, -0.05) is 132 Å². The predicted molar refractivity (Wildman–Crippen MR) is 293 cm³/mol. The molecule has 1 N–H and O–H groups in total. The number of fused-ring (bicyclic) bond motifs is 11. The third-order valence-electron chi connectivity index (χ3n) is 13.8. The topological polar surface area (TPSA) is 20.2 Å². The average molecular weight is 890 g/mol. The summed E-state index contributed by atoms with van der Waals surface area (Å²) in [5.41, 5.74) is 18.0. The van der Waals surface area contributed by atoms with Crippen molar-refractivity contribution in [2.24, 2.45) is 0 Å². The first-order chi connectivity index (χ1) is 33.1. The van der Waals surface area contributed by atoms with Gasteiger partial charge in [0.2, 0.25) is 0 Å². The Morgan fingerprint density at radius 2 is 1.09 bits per heavy atom. The van der Waals surface area contributed by atoms with E-state index in [0.717, 1.165) is 41.3 Å². The van der Waals surface area contributed by atoms with Crippen LogP contribution in [0.15, 0.2) is 212 Å². The Morgan fingerprint density at radius 1 is 0.463 bits per heavy atom. The molecule has 0 radical (unpaired) electrons. The first-order valence-corrected chi connectivity index (χ1v) is 24.6. The number of benzene rings is 10. The molecule has 6 heteroatoms. The third kappa shape index (κ3) is 6.10. The number of hydrogen-bond donors (Lipinski definition) is 1. The molecule has 0 fully saturated rings. The monoisotopic (exact) mass is 889 g/mol. The fourth-order valence-electron chi connectivity index (χ4n) is 10.8. The van der Waals surface area contributed by atoms with Gasteiger partial charge in [-0.15, -0.1) is 22.7 Å². The Morgan fingerprint density at radius 3 is 1.82 bits per heavy atom. The van der Waals surface area contributed by atoms with Gasteiger partial charge in [-0.25, -0.2) is 0 Å². The van der Waals surface area contributed by atoms with E-state index < -0.39 is 0 Å². The second kappa shape index (κ2) is 15.1. The molecule has 3 nitrogen and oxygen atoms in total. The molecule has 10 aromatic carbocycles. The molecular formula is C61H40BN3S2. The van der Waals surface area contributed by atoms with E-state index in [1.807, 2.05) is 22.7 Å². The van der Waals surface area contributed by atoms with E-state index in [2.05, 4.69) is 234 Å². The molecule has 0 aliphatic carbocycles. The molecule has 0 spiro atoms. The van der Waals surface area contributed by atoms with Crippen molar-refractivity contribution in [3.05, 3.63) is 218 Å². The van der Waals surface area contributed by atoms with Crippen LogP contribution in [0, 0.1) is 6.92 Å². The number of para-hydroxylation sites is 3. The molecular weight excluding hydrogens is 850 g/mol. The van der Waals surface area contributed by atoms with E-state index >= 15 is 0 Å². The molecule has 0 unspecified atom stereocenters. The van der Waals surface area contributed by atoms with Gasteiger partial charge < -0.3 is 14.8 Å². The highest BCUT2D eigenvalue weighted by Crippen LogP contribution is 2.47. The van der Waals surface area contributed by atoms with E-state index in [4.69, 9.17) is 0 Å². The van der Waals surface area contributed by atoms with Gasteiger partial charge in [0.15, 0.2) is 7.28 Å². The van der Waals surface area contributed by atoms with Gasteiger partial charge in [-0.05, 0) is 120 Å². The van der Waals surface area contributed by atoms with Gasteiger partial charge in [0.1, 0.15) is 0 Å². The number of nitrogens with one attached hydrogen (secondary N) is 1. The number of nitrogens with zero attached hydrogens (tertiary/aromatic N) is 2. The summed E-state index contributed by atoms with van der Waals surface area (Å²) < 4.78 is 7.88. The summed E-state index contributed by atoms with van der Waals surface area (Å²) in [6, 6.07) is 78.6. The molecule has 1 aliphatic rings. The lowest BCUT2D eigenvalue weighted by atomic mass is 9.58. The summed E-state index contributed by atoms with van der Waals surface area (Å²) in [6.07, 6.45) is 0. The van der Waals surface area contributed by atoms with Crippen molar-refractivity contribution < 1.29 is 0 Å². The van der Waals surface area contributed by atoms with Crippen molar-refractivity contribution in [2.75, 3.05) is 10.2 Å². The summed E-state index contributed by atoms with van der Waals surface area (Å²) in [7, 11) is 0.809. The number of thiophene rings is 2. The Kier molecular flexibility index (Phi) is 8.64. The largest absolute Gasteiger partial charge is 0.355 e. The summed E-state index contributed by atoms with van der Waals surface area (Å²) >= 11 is 3.78. The van der Waals surface area contributed by atoms with Crippen molar-refractivity contribution >= 4 is 131 Å². The molecule has 314 valence electrons. The van der Waals surface area contributed by atoms with E-state index in [1.165, 1.54) is 101 Å². The quantitative estimate of drug-likeness (QED) is 0.161. The van der Waals surface area contributed by atoms with Crippen LogP contribution in [0.1, 0.15) is 5.56 Å². The molecule has 3 aromatic heterocycles. The van der Waals surface area contributed by atoms with Crippen LogP contribution in [-0.2, 0) is 0 Å². The third-order valence-corrected chi connectivity index (χ3v) is 16.1. The van der Waals surface area contributed by atoms with Crippen LogP contribution in [0.25, 0.3) is 90.1 Å². The molecule has 0 amide bonds. The highest BCUT2D eigenvalue weighted by atomic mass is 32.1. The van der Waals surface area contributed by atoms with Crippen LogP contribution in [0.5, 0.6) is 0 Å². The van der Waals surface area contributed by atoms with Crippen molar-refractivity contribution in [3.63, 3.8) is 0 Å². The van der Waals surface area contributed by atoms with Crippen molar-refractivity contribution in [3.8, 4) is 27.9 Å². The Hall–Kier alpha value is -7.90. The maximum atomic E-state index is 3.98. The maximum absolute atomic E-state index is 3.98. The van der Waals surface area contributed by atoms with E-state index in [-0.39, 0.29) is 0 Å². The zero-order valence-corrected chi connectivity index (χ0v) is 38.3. The van der Waals surface area contributed by atoms with Crippen molar-refractivity contribution in [1.29, 1.82) is 0 Å². The normalized spacial score (nSPS) is 12.1. The summed E-state index contributed by atoms with van der Waals surface area (Å²) in [6.45, 7) is 2.15. The van der Waals surface area contributed by atoms with E-state index in [1.54, 1.807) is 0 Å². The van der Waals surface area contributed by atoms with Crippen LogP contribution < -0.4 is 21.1 Å². The molecule has 4 heterocycles. The number of anilines is 5. The molecule has 0 bridgehead atoms. The number of aryl methyl sites for hydroxylation is 1. The summed E-state index contributed by atoms with van der Waals surface area (Å²) in [5, 5.41) is 11.8. The lowest BCUT2D eigenvalue weighted by Gasteiger charge is -2.28. The molecule has 0 saturated heterocycles. The van der Waals surface area contributed by atoms with Gasteiger partial charge in [-0.3, -0.25) is 0 Å². The summed E-state index contributed by atoms with van der Waals surface area (Å²) in [4.78, 5) is 2.35. The van der Waals surface area contributed by atoms with E-state index in [9.17, 15) is 0 Å². The van der Waals surface area contributed by atoms with Crippen molar-refractivity contribution in [2.45, 2.75) is 6.92 Å². The van der Waals surface area contributed by atoms with Gasteiger partial charge in [0.25, 0.3) is 0 Å². The van der Waals surface area contributed by atoms with Gasteiger partial charge in [0.05, 0.1) is 5.52 Å². The zero-order chi connectivity index (χ0) is 44.2. The maximum Gasteiger partial charge on any atom is 0.198 e. The minimum atomic E-state index is 0.809. The Bertz CT molecular complexity index is 4070. The average Bonchev–Trinajstić information content (AvgIpc) is 4.05. The number of rotatable bonds is 7. The van der Waals surface area contributed by atoms with Crippen LogP contribution >= 0.6 is 22.7 Å². The van der Waals surface area contributed by atoms with Crippen LogP contribution in [0.4, 0.5) is 28.4 Å². The second-order valence-electron chi connectivity index (χ2n) is 17.8. The molecule has 14 rings (SSSR count). The lowest BCUT2D eigenvalue weighted by Crippen LogP contribution is -2.37. The van der Waals surface area contributed by atoms with Crippen molar-refractivity contribution in [1.82, 2.24) is 4.57 Å². The fourth-order valence-corrected chi connectivity index (χ4v) is 13.1. The van der Waals surface area contributed by atoms with Crippen LogP contribution in [0.2, 0.25) is 0 Å². The minimum absolute atomic E-state index is 0.809. The fraction of sp³-hybridized carbons (Fsp3) is 0.0164.